The van der Waals surface area contributed by atoms with E-state index in [-0.39, 0.29) is 4.90 Å². The molecule has 0 fully saturated rings. The van der Waals surface area contributed by atoms with E-state index in [1.807, 2.05) is 0 Å². The Bertz CT molecular complexity index is 884. The molecule has 0 aliphatic carbocycles. The molecular weight excluding hydrogens is 363 g/mol. The Hall–Kier alpha value is -3.11. The second kappa shape index (κ2) is 7.64. The van der Waals surface area contributed by atoms with E-state index < -0.39 is 39.7 Å². The Morgan fingerprint density at radius 1 is 0.840 bits per heavy atom. The Morgan fingerprint density at radius 2 is 1.32 bits per heavy atom. The monoisotopic (exact) mass is 368 g/mol. The summed E-state index contributed by atoms with van der Waals surface area (Å²) >= 11 is 0.355. The SMILES string of the molecule is N#CC(C#N)=NNc1ccc(Sc2c(F)c(F)c(F)c(F)c2F)cc1. The van der Waals surface area contributed by atoms with E-state index in [1.165, 1.54) is 36.4 Å². The maximum Gasteiger partial charge on any atom is 0.237 e. The van der Waals surface area contributed by atoms with E-state index in [9.17, 15) is 22.0 Å². The summed E-state index contributed by atoms with van der Waals surface area (Å²) in [5.74, 6) is -10.1. The molecule has 0 aromatic heterocycles. The van der Waals surface area contributed by atoms with Gasteiger partial charge in [0.1, 0.15) is 12.1 Å². The first-order valence-electron chi connectivity index (χ1n) is 6.32. The molecule has 0 bridgehead atoms. The number of hydrazone groups is 1. The maximum absolute atomic E-state index is 13.6. The van der Waals surface area contributed by atoms with Gasteiger partial charge in [0.2, 0.25) is 11.5 Å². The van der Waals surface area contributed by atoms with Crippen LogP contribution in [-0.4, -0.2) is 5.71 Å². The van der Waals surface area contributed by atoms with Crippen molar-refractivity contribution in [1.82, 2.24) is 0 Å². The van der Waals surface area contributed by atoms with Crippen molar-refractivity contribution in [2.75, 3.05) is 5.43 Å². The Morgan fingerprint density at radius 3 is 1.80 bits per heavy atom. The number of nitriles is 2. The van der Waals surface area contributed by atoms with Gasteiger partial charge in [-0.2, -0.15) is 15.6 Å². The number of benzene rings is 2. The van der Waals surface area contributed by atoms with Crippen molar-refractivity contribution < 1.29 is 22.0 Å². The first-order valence-corrected chi connectivity index (χ1v) is 7.14. The summed E-state index contributed by atoms with van der Waals surface area (Å²) in [7, 11) is 0. The maximum atomic E-state index is 13.6. The van der Waals surface area contributed by atoms with Crippen LogP contribution >= 0.6 is 11.8 Å². The lowest BCUT2D eigenvalue weighted by molar-refractivity contribution is 0.361. The number of hydrogen-bond donors (Lipinski definition) is 1. The molecule has 0 heterocycles. The predicted molar refractivity (Wildman–Crippen MR) is 79.1 cm³/mol. The number of rotatable bonds is 4. The van der Waals surface area contributed by atoms with Crippen LogP contribution in [0.25, 0.3) is 0 Å². The van der Waals surface area contributed by atoms with E-state index in [0.29, 0.717) is 17.4 Å². The zero-order valence-electron chi connectivity index (χ0n) is 11.9. The molecule has 1 N–H and O–H groups in total. The van der Waals surface area contributed by atoms with Gasteiger partial charge >= 0.3 is 0 Å². The molecule has 0 amide bonds. The number of nitrogens with one attached hydrogen (secondary N) is 1. The standard InChI is InChI=1S/C15H5F5N4S/c16-10-11(17)13(19)15(14(20)12(10)18)25-9-3-1-7(2-4-9)23-24-8(5-21)6-22/h1-4,23H. The first-order chi connectivity index (χ1) is 11.9. The fraction of sp³-hybridized carbons (Fsp3) is 0. The van der Waals surface area contributed by atoms with Crippen LogP contribution in [0.3, 0.4) is 0 Å². The van der Waals surface area contributed by atoms with E-state index in [4.69, 9.17) is 10.5 Å². The highest BCUT2D eigenvalue weighted by molar-refractivity contribution is 7.99. The van der Waals surface area contributed by atoms with Crippen LogP contribution in [0.2, 0.25) is 0 Å². The van der Waals surface area contributed by atoms with Crippen LogP contribution in [-0.2, 0) is 0 Å². The molecule has 10 heteroatoms. The highest BCUT2D eigenvalue weighted by Gasteiger charge is 2.26. The van der Waals surface area contributed by atoms with E-state index in [1.54, 1.807) is 0 Å². The molecule has 2 aromatic rings. The van der Waals surface area contributed by atoms with Gasteiger partial charge in [0.05, 0.1) is 10.6 Å². The van der Waals surface area contributed by atoms with Crippen molar-refractivity contribution in [1.29, 1.82) is 10.5 Å². The van der Waals surface area contributed by atoms with Crippen molar-refractivity contribution in [3.63, 3.8) is 0 Å². The van der Waals surface area contributed by atoms with Gasteiger partial charge in [-0.25, -0.2) is 22.0 Å². The highest BCUT2D eigenvalue weighted by atomic mass is 32.2. The minimum Gasteiger partial charge on any atom is -0.277 e. The minimum atomic E-state index is -2.22. The van der Waals surface area contributed by atoms with Gasteiger partial charge in [-0.15, -0.1) is 0 Å². The average Bonchev–Trinajstić information content (AvgIpc) is 2.64. The van der Waals surface area contributed by atoms with E-state index in [2.05, 4.69) is 10.5 Å². The average molecular weight is 368 g/mol. The molecule has 0 aliphatic rings. The second-order valence-electron chi connectivity index (χ2n) is 4.32. The smallest absolute Gasteiger partial charge is 0.237 e. The molecule has 2 aromatic carbocycles. The molecule has 0 spiro atoms. The summed E-state index contributed by atoms with van der Waals surface area (Å²) in [5, 5.41) is 20.5. The molecule has 0 radical (unpaired) electrons. The molecule has 0 unspecified atom stereocenters. The lowest BCUT2D eigenvalue weighted by Gasteiger charge is -2.08. The molecule has 0 saturated carbocycles. The summed E-state index contributed by atoms with van der Waals surface area (Å²) < 4.78 is 66.6. The van der Waals surface area contributed by atoms with Gasteiger partial charge in [0.15, 0.2) is 23.3 Å². The molecule has 25 heavy (non-hydrogen) atoms. The summed E-state index contributed by atoms with van der Waals surface area (Å²) in [5.41, 5.74) is 2.32. The fourth-order valence-corrected chi connectivity index (χ4v) is 2.45. The van der Waals surface area contributed by atoms with Crippen LogP contribution < -0.4 is 5.43 Å². The molecule has 4 nitrogen and oxygen atoms in total. The third kappa shape index (κ3) is 3.87. The van der Waals surface area contributed by atoms with Gasteiger partial charge < -0.3 is 0 Å². The van der Waals surface area contributed by atoms with E-state index >= 15 is 0 Å². The molecule has 2 rings (SSSR count). The Labute approximate surface area is 142 Å². The number of anilines is 1. The zero-order valence-corrected chi connectivity index (χ0v) is 12.8. The van der Waals surface area contributed by atoms with Crippen molar-refractivity contribution in [3.8, 4) is 12.1 Å². The lowest BCUT2D eigenvalue weighted by Crippen LogP contribution is -2.03. The topological polar surface area (TPSA) is 72.0 Å². The van der Waals surface area contributed by atoms with Crippen LogP contribution in [0.4, 0.5) is 27.6 Å². The van der Waals surface area contributed by atoms with E-state index in [0.717, 1.165) is 0 Å². The van der Waals surface area contributed by atoms with Gasteiger partial charge in [-0.05, 0) is 24.3 Å². The van der Waals surface area contributed by atoms with Gasteiger partial charge in [-0.3, -0.25) is 5.43 Å². The van der Waals surface area contributed by atoms with Crippen LogP contribution in [0, 0.1) is 51.7 Å². The third-order valence-electron chi connectivity index (χ3n) is 2.75. The molecule has 0 aliphatic heterocycles. The van der Waals surface area contributed by atoms with Crippen molar-refractivity contribution in [2.24, 2.45) is 5.10 Å². The summed E-state index contributed by atoms with van der Waals surface area (Å²) in [4.78, 5) is -0.829. The third-order valence-corrected chi connectivity index (χ3v) is 3.82. The van der Waals surface area contributed by atoms with Gasteiger partial charge in [0, 0.05) is 4.90 Å². The normalized spacial score (nSPS) is 9.88. The summed E-state index contributed by atoms with van der Waals surface area (Å²) in [6.45, 7) is 0. The molecule has 0 saturated heterocycles. The summed E-state index contributed by atoms with van der Waals surface area (Å²) in [6.07, 6.45) is 0. The minimum absolute atomic E-state index is 0.193. The fourth-order valence-electron chi connectivity index (χ4n) is 1.59. The summed E-state index contributed by atoms with van der Waals surface area (Å²) in [6, 6.07) is 8.48. The number of hydrogen-bond acceptors (Lipinski definition) is 5. The van der Waals surface area contributed by atoms with Gasteiger partial charge in [-0.1, -0.05) is 11.8 Å². The molecule has 0 atom stereocenters. The van der Waals surface area contributed by atoms with Gasteiger partial charge in [0.25, 0.3) is 0 Å². The van der Waals surface area contributed by atoms with Crippen LogP contribution in [0.15, 0.2) is 39.2 Å². The second-order valence-corrected chi connectivity index (χ2v) is 5.41. The van der Waals surface area contributed by atoms with Crippen LogP contribution in [0.1, 0.15) is 0 Å². The lowest BCUT2D eigenvalue weighted by atomic mass is 10.3. The van der Waals surface area contributed by atoms with Crippen LogP contribution in [0.5, 0.6) is 0 Å². The highest BCUT2D eigenvalue weighted by Crippen LogP contribution is 2.35. The number of nitrogens with zero attached hydrogens (tertiary/aromatic N) is 3. The number of halogens is 5. The largest absolute Gasteiger partial charge is 0.277 e. The van der Waals surface area contributed by atoms with Crippen molar-refractivity contribution >= 4 is 23.2 Å². The van der Waals surface area contributed by atoms with Crippen molar-refractivity contribution in [3.05, 3.63) is 53.4 Å². The zero-order chi connectivity index (χ0) is 18.6. The first kappa shape index (κ1) is 18.2. The predicted octanol–water partition coefficient (Wildman–Crippen LogP) is 4.35. The Balaban J connectivity index is 2.25. The molecular formula is C15H5F5N4S. The Kier molecular flexibility index (Phi) is 5.57. The molecule has 126 valence electrons. The quantitative estimate of drug-likeness (QED) is 0.286. The van der Waals surface area contributed by atoms with Crippen molar-refractivity contribution in [2.45, 2.75) is 9.79 Å².